The highest BCUT2D eigenvalue weighted by Crippen LogP contribution is 2.32. The first-order valence-corrected chi connectivity index (χ1v) is 5.37. The number of carboxylic acid groups (broad SMARTS) is 1. The van der Waals surface area contributed by atoms with Crippen molar-refractivity contribution < 1.29 is 14.3 Å². The van der Waals surface area contributed by atoms with Gasteiger partial charge in [0.05, 0.1) is 6.04 Å². The second-order valence-electron chi connectivity index (χ2n) is 4.02. The molecule has 2 rings (SSSR count). The average molecular weight is 223 g/mol. The Kier molecular flexibility index (Phi) is 3.08. The van der Waals surface area contributed by atoms with Crippen LogP contribution in [0.15, 0.2) is 30.3 Å². The van der Waals surface area contributed by atoms with Crippen LogP contribution >= 0.6 is 0 Å². The summed E-state index contributed by atoms with van der Waals surface area (Å²) in [4.78, 5) is 12.4. The summed E-state index contributed by atoms with van der Waals surface area (Å²) in [6, 6.07) is 8.90. The lowest BCUT2D eigenvalue weighted by Crippen LogP contribution is -2.40. The third kappa shape index (κ3) is 2.15. The Bertz CT molecular complexity index is 369. The number of alkyl halides is 1. The zero-order chi connectivity index (χ0) is 11.5. The van der Waals surface area contributed by atoms with Gasteiger partial charge >= 0.3 is 6.09 Å². The third-order valence-electron chi connectivity index (χ3n) is 2.97. The molecule has 16 heavy (non-hydrogen) atoms. The smallest absolute Gasteiger partial charge is 0.407 e. The van der Waals surface area contributed by atoms with Crippen LogP contribution in [0.25, 0.3) is 0 Å². The largest absolute Gasteiger partial charge is 0.465 e. The number of benzene rings is 1. The van der Waals surface area contributed by atoms with E-state index in [4.69, 9.17) is 5.11 Å². The fourth-order valence-corrected chi connectivity index (χ4v) is 2.14. The zero-order valence-corrected chi connectivity index (χ0v) is 8.84. The van der Waals surface area contributed by atoms with Gasteiger partial charge in [-0.25, -0.2) is 9.18 Å². The van der Waals surface area contributed by atoms with Crippen molar-refractivity contribution in [2.45, 2.75) is 25.1 Å². The lowest BCUT2D eigenvalue weighted by atomic mass is 9.94. The number of piperidine rings is 1. The van der Waals surface area contributed by atoms with Gasteiger partial charge in [-0.05, 0) is 12.0 Å². The van der Waals surface area contributed by atoms with Gasteiger partial charge in [-0.15, -0.1) is 0 Å². The maximum atomic E-state index is 13.3. The van der Waals surface area contributed by atoms with Crippen molar-refractivity contribution in [3.05, 3.63) is 35.9 Å². The molecule has 2 unspecified atom stereocenters. The average Bonchev–Trinajstić information content (AvgIpc) is 2.29. The maximum Gasteiger partial charge on any atom is 0.407 e. The molecular formula is C12H14FNO2. The SMILES string of the molecule is O=C(O)N1CCC(F)CC1c1ccccc1. The minimum Gasteiger partial charge on any atom is -0.465 e. The van der Waals surface area contributed by atoms with Crippen LogP contribution in [0.3, 0.4) is 0 Å². The summed E-state index contributed by atoms with van der Waals surface area (Å²) in [6.07, 6.45) is -1.31. The van der Waals surface area contributed by atoms with Crippen molar-refractivity contribution >= 4 is 6.09 Å². The van der Waals surface area contributed by atoms with Crippen LogP contribution < -0.4 is 0 Å². The molecule has 1 aliphatic rings. The van der Waals surface area contributed by atoms with Crippen molar-refractivity contribution in [2.24, 2.45) is 0 Å². The minimum atomic E-state index is -0.972. The highest BCUT2D eigenvalue weighted by molar-refractivity contribution is 5.66. The van der Waals surface area contributed by atoms with E-state index in [0.29, 0.717) is 6.42 Å². The molecule has 0 spiro atoms. The van der Waals surface area contributed by atoms with Crippen LogP contribution in [0, 0.1) is 0 Å². The van der Waals surface area contributed by atoms with Crippen LogP contribution in [-0.2, 0) is 0 Å². The molecule has 4 heteroatoms. The summed E-state index contributed by atoms with van der Waals surface area (Å²) in [6.45, 7) is 0.274. The number of halogens is 1. The number of amides is 1. The zero-order valence-electron chi connectivity index (χ0n) is 8.84. The first-order valence-electron chi connectivity index (χ1n) is 5.37. The quantitative estimate of drug-likeness (QED) is 0.795. The number of rotatable bonds is 1. The molecule has 86 valence electrons. The molecule has 1 amide bonds. The summed E-state index contributed by atoms with van der Waals surface area (Å²) in [7, 11) is 0. The summed E-state index contributed by atoms with van der Waals surface area (Å²) < 4.78 is 13.3. The van der Waals surface area contributed by atoms with E-state index in [0.717, 1.165) is 5.56 Å². The molecule has 1 fully saturated rings. The monoisotopic (exact) mass is 223 g/mol. The van der Waals surface area contributed by atoms with Gasteiger partial charge in [-0.2, -0.15) is 0 Å². The minimum absolute atomic E-state index is 0.260. The van der Waals surface area contributed by atoms with Gasteiger partial charge in [0, 0.05) is 13.0 Å². The Morgan fingerprint density at radius 3 is 2.69 bits per heavy atom. The lowest BCUT2D eigenvalue weighted by molar-refractivity contribution is 0.0780. The van der Waals surface area contributed by atoms with Crippen LogP contribution in [0.5, 0.6) is 0 Å². The molecule has 0 bridgehead atoms. The van der Waals surface area contributed by atoms with Crippen LogP contribution in [0.2, 0.25) is 0 Å². The highest BCUT2D eigenvalue weighted by Gasteiger charge is 2.32. The van der Waals surface area contributed by atoms with Crippen molar-refractivity contribution in [2.75, 3.05) is 6.54 Å². The van der Waals surface area contributed by atoms with E-state index in [1.54, 1.807) is 0 Å². The third-order valence-corrected chi connectivity index (χ3v) is 2.97. The molecule has 1 heterocycles. The first-order chi connectivity index (χ1) is 7.68. The van der Waals surface area contributed by atoms with E-state index in [2.05, 4.69) is 0 Å². The molecule has 3 nitrogen and oxygen atoms in total. The number of hydrogen-bond acceptors (Lipinski definition) is 1. The van der Waals surface area contributed by atoms with Crippen LogP contribution in [0.4, 0.5) is 9.18 Å². The van der Waals surface area contributed by atoms with E-state index in [1.807, 2.05) is 30.3 Å². The Balaban J connectivity index is 2.24. The summed E-state index contributed by atoms with van der Waals surface area (Å²) in [5, 5.41) is 9.06. The number of nitrogens with zero attached hydrogens (tertiary/aromatic N) is 1. The molecule has 1 aromatic carbocycles. The van der Waals surface area contributed by atoms with E-state index in [9.17, 15) is 9.18 Å². The second-order valence-corrected chi connectivity index (χ2v) is 4.02. The van der Waals surface area contributed by atoms with Gasteiger partial charge in [-0.3, -0.25) is 0 Å². The van der Waals surface area contributed by atoms with Crippen LogP contribution in [-0.4, -0.2) is 28.8 Å². The van der Waals surface area contributed by atoms with E-state index < -0.39 is 12.3 Å². The molecular weight excluding hydrogens is 209 g/mol. The Labute approximate surface area is 93.5 Å². The van der Waals surface area contributed by atoms with Gasteiger partial charge in [0.25, 0.3) is 0 Å². The highest BCUT2D eigenvalue weighted by atomic mass is 19.1. The molecule has 1 saturated heterocycles. The van der Waals surface area contributed by atoms with Gasteiger partial charge in [-0.1, -0.05) is 30.3 Å². The number of hydrogen-bond donors (Lipinski definition) is 1. The molecule has 0 aliphatic carbocycles. The standard InChI is InChI=1S/C12H14FNO2/c13-10-6-7-14(12(15)16)11(8-10)9-4-2-1-3-5-9/h1-5,10-11H,6-8H2,(H,15,16). The number of likely N-dealkylation sites (tertiary alicyclic amines) is 1. The lowest BCUT2D eigenvalue weighted by Gasteiger charge is -2.35. The Hall–Kier alpha value is -1.58. The molecule has 1 N–H and O–H groups in total. The second kappa shape index (κ2) is 4.51. The Morgan fingerprint density at radius 2 is 2.06 bits per heavy atom. The predicted octanol–water partition coefficient (Wildman–Crippen LogP) is 2.84. The summed E-state index contributed by atoms with van der Waals surface area (Å²) in [5.41, 5.74) is 0.868. The molecule has 0 radical (unpaired) electrons. The first kappa shape index (κ1) is 10.9. The molecule has 2 atom stereocenters. The van der Waals surface area contributed by atoms with Gasteiger partial charge in [0.1, 0.15) is 6.17 Å². The van der Waals surface area contributed by atoms with Gasteiger partial charge in [0.15, 0.2) is 0 Å². The molecule has 1 aromatic rings. The summed E-state index contributed by atoms with van der Waals surface area (Å²) in [5.74, 6) is 0. The normalized spacial score (nSPS) is 25.4. The topological polar surface area (TPSA) is 40.5 Å². The van der Waals surface area contributed by atoms with Crippen LogP contribution in [0.1, 0.15) is 24.4 Å². The Morgan fingerprint density at radius 1 is 1.38 bits per heavy atom. The molecule has 0 saturated carbocycles. The van der Waals surface area contributed by atoms with E-state index in [-0.39, 0.29) is 19.0 Å². The number of carbonyl (C=O) groups is 1. The maximum absolute atomic E-state index is 13.3. The summed E-state index contributed by atoms with van der Waals surface area (Å²) >= 11 is 0. The van der Waals surface area contributed by atoms with Gasteiger partial charge in [0.2, 0.25) is 0 Å². The van der Waals surface area contributed by atoms with Crippen molar-refractivity contribution in [1.82, 2.24) is 4.90 Å². The van der Waals surface area contributed by atoms with Gasteiger partial charge < -0.3 is 10.0 Å². The van der Waals surface area contributed by atoms with E-state index >= 15 is 0 Å². The van der Waals surface area contributed by atoms with Crippen molar-refractivity contribution in [3.63, 3.8) is 0 Å². The van der Waals surface area contributed by atoms with E-state index in [1.165, 1.54) is 4.90 Å². The molecule has 0 aromatic heterocycles. The van der Waals surface area contributed by atoms with Crippen molar-refractivity contribution in [3.8, 4) is 0 Å². The predicted molar refractivity (Wildman–Crippen MR) is 58.0 cm³/mol. The molecule has 1 aliphatic heterocycles. The fourth-order valence-electron chi connectivity index (χ4n) is 2.14. The van der Waals surface area contributed by atoms with Crippen molar-refractivity contribution in [1.29, 1.82) is 0 Å². The fraction of sp³-hybridized carbons (Fsp3) is 0.417.